The van der Waals surface area contributed by atoms with Crippen LogP contribution >= 0.6 is 0 Å². The third kappa shape index (κ3) is 2.29. The van der Waals surface area contributed by atoms with Gasteiger partial charge >= 0.3 is 6.01 Å². The van der Waals surface area contributed by atoms with Crippen LogP contribution in [0.1, 0.15) is 18.0 Å². The molecule has 2 aromatic heterocycles. The second-order valence-electron chi connectivity index (χ2n) is 4.72. The van der Waals surface area contributed by atoms with Crippen LogP contribution in [0.5, 0.6) is 6.01 Å². The van der Waals surface area contributed by atoms with Gasteiger partial charge in [-0.1, -0.05) is 0 Å². The van der Waals surface area contributed by atoms with Crippen molar-refractivity contribution in [3.8, 4) is 6.01 Å². The number of nitrogens with zero attached hydrogens (tertiary/aromatic N) is 3. The molecule has 0 saturated carbocycles. The number of rotatable bonds is 2. The predicted molar refractivity (Wildman–Crippen MR) is 71.2 cm³/mol. The minimum absolute atomic E-state index is 0.172. The van der Waals surface area contributed by atoms with E-state index in [1.54, 1.807) is 13.3 Å². The molecule has 1 unspecified atom stereocenters. The highest BCUT2D eigenvalue weighted by Gasteiger charge is 2.20. The van der Waals surface area contributed by atoms with E-state index in [0.717, 1.165) is 36.2 Å². The molecule has 1 aliphatic rings. The first-order chi connectivity index (χ1) is 9.29. The number of hydrogen-bond donors (Lipinski definition) is 1. The lowest BCUT2D eigenvalue weighted by molar-refractivity contribution is 0.132. The fourth-order valence-corrected chi connectivity index (χ4v) is 2.43. The Morgan fingerprint density at radius 2 is 2.42 bits per heavy atom. The first-order valence-corrected chi connectivity index (χ1v) is 6.46. The minimum Gasteiger partial charge on any atom is -0.467 e. The molecule has 6 nitrogen and oxygen atoms in total. The molecule has 3 heterocycles. The standard InChI is InChI=1S/C13H18N4O2/c1-17-7-9(10-8-19-5-3-4-14-10)12-11(17)6-15-13(16-12)18-2/h6-7,10,14H,3-5,8H2,1-2H3. The third-order valence-electron chi connectivity index (χ3n) is 3.43. The number of hydrogen-bond acceptors (Lipinski definition) is 5. The normalized spacial score (nSPS) is 20.4. The molecule has 0 aromatic carbocycles. The lowest BCUT2D eigenvalue weighted by Gasteiger charge is -2.13. The van der Waals surface area contributed by atoms with Crippen molar-refractivity contribution in [2.24, 2.45) is 7.05 Å². The lowest BCUT2D eigenvalue weighted by atomic mass is 10.1. The van der Waals surface area contributed by atoms with Crippen molar-refractivity contribution < 1.29 is 9.47 Å². The fraction of sp³-hybridized carbons (Fsp3) is 0.538. The Morgan fingerprint density at radius 1 is 1.53 bits per heavy atom. The third-order valence-corrected chi connectivity index (χ3v) is 3.43. The van der Waals surface area contributed by atoms with Crippen molar-refractivity contribution in [1.29, 1.82) is 0 Å². The largest absolute Gasteiger partial charge is 0.467 e. The molecule has 0 aliphatic carbocycles. The number of aromatic nitrogens is 3. The van der Waals surface area contributed by atoms with E-state index in [1.165, 1.54) is 0 Å². The van der Waals surface area contributed by atoms with Crippen LogP contribution in [0.2, 0.25) is 0 Å². The van der Waals surface area contributed by atoms with Crippen molar-refractivity contribution in [3.05, 3.63) is 18.0 Å². The van der Waals surface area contributed by atoms with Crippen molar-refractivity contribution >= 4 is 11.0 Å². The highest BCUT2D eigenvalue weighted by atomic mass is 16.5. The van der Waals surface area contributed by atoms with E-state index in [-0.39, 0.29) is 6.04 Å². The molecule has 102 valence electrons. The summed E-state index contributed by atoms with van der Waals surface area (Å²) in [7, 11) is 3.58. The first-order valence-electron chi connectivity index (χ1n) is 6.46. The molecule has 0 amide bonds. The Hall–Kier alpha value is -1.66. The summed E-state index contributed by atoms with van der Waals surface area (Å²) >= 11 is 0. The summed E-state index contributed by atoms with van der Waals surface area (Å²) in [5.41, 5.74) is 3.07. The van der Waals surface area contributed by atoms with Gasteiger partial charge in [-0.15, -0.1) is 0 Å². The molecule has 0 spiro atoms. The zero-order valence-corrected chi connectivity index (χ0v) is 11.2. The van der Waals surface area contributed by atoms with Crippen LogP contribution in [0, 0.1) is 0 Å². The van der Waals surface area contributed by atoms with Gasteiger partial charge in [0.2, 0.25) is 0 Å². The molecule has 6 heteroatoms. The average Bonchev–Trinajstić information content (AvgIpc) is 2.64. The van der Waals surface area contributed by atoms with Crippen molar-refractivity contribution in [3.63, 3.8) is 0 Å². The van der Waals surface area contributed by atoms with Gasteiger partial charge in [-0.2, -0.15) is 4.98 Å². The number of fused-ring (bicyclic) bond motifs is 1. The topological polar surface area (TPSA) is 61.2 Å². The smallest absolute Gasteiger partial charge is 0.316 e. The molecule has 1 N–H and O–H groups in total. The maximum atomic E-state index is 5.63. The molecule has 3 rings (SSSR count). The van der Waals surface area contributed by atoms with Gasteiger partial charge in [0.15, 0.2) is 0 Å². The fourth-order valence-electron chi connectivity index (χ4n) is 2.43. The van der Waals surface area contributed by atoms with Gasteiger partial charge in [0, 0.05) is 25.4 Å². The van der Waals surface area contributed by atoms with Crippen molar-refractivity contribution in [1.82, 2.24) is 19.9 Å². The Bertz CT molecular complexity index is 573. The maximum Gasteiger partial charge on any atom is 0.316 e. The number of aryl methyl sites for hydroxylation is 1. The quantitative estimate of drug-likeness (QED) is 0.876. The number of nitrogens with one attached hydrogen (secondary N) is 1. The van der Waals surface area contributed by atoms with Crippen molar-refractivity contribution in [2.75, 3.05) is 26.9 Å². The Kier molecular flexibility index (Phi) is 3.35. The summed E-state index contributed by atoms with van der Waals surface area (Å²) in [5, 5.41) is 3.50. The van der Waals surface area contributed by atoms with Gasteiger partial charge in [0.25, 0.3) is 0 Å². The number of methoxy groups -OCH3 is 1. The summed E-state index contributed by atoms with van der Waals surface area (Å²) in [6.07, 6.45) is 4.92. The van der Waals surface area contributed by atoms with Gasteiger partial charge in [-0.3, -0.25) is 0 Å². The van der Waals surface area contributed by atoms with E-state index in [1.807, 2.05) is 11.6 Å². The van der Waals surface area contributed by atoms with Crippen LogP contribution in [0.4, 0.5) is 0 Å². The minimum atomic E-state index is 0.172. The van der Waals surface area contributed by atoms with Gasteiger partial charge < -0.3 is 19.4 Å². The zero-order valence-electron chi connectivity index (χ0n) is 11.2. The van der Waals surface area contributed by atoms with E-state index in [4.69, 9.17) is 9.47 Å². The van der Waals surface area contributed by atoms with Gasteiger partial charge in [-0.05, 0) is 13.0 Å². The van der Waals surface area contributed by atoms with E-state index >= 15 is 0 Å². The van der Waals surface area contributed by atoms with Crippen molar-refractivity contribution in [2.45, 2.75) is 12.5 Å². The Morgan fingerprint density at radius 3 is 3.26 bits per heavy atom. The summed E-state index contributed by atoms with van der Waals surface area (Å²) in [5.74, 6) is 0. The zero-order chi connectivity index (χ0) is 13.2. The van der Waals surface area contributed by atoms with Gasteiger partial charge in [0.1, 0.15) is 5.52 Å². The van der Waals surface area contributed by atoms with E-state index < -0.39 is 0 Å². The van der Waals surface area contributed by atoms with E-state index in [2.05, 4.69) is 21.5 Å². The molecule has 1 fully saturated rings. The molecule has 1 aliphatic heterocycles. The van der Waals surface area contributed by atoms with Gasteiger partial charge in [-0.25, -0.2) is 4.98 Å². The summed E-state index contributed by atoms with van der Waals surface area (Å²) in [4.78, 5) is 8.63. The second-order valence-corrected chi connectivity index (χ2v) is 4.72. The van der Waals surface area contributed by atoms with Crippen LogP contribution in [-0.2, 0) is 11.8 Å². The number of ether oxygens (including phenoxy) is 2. The maximum absolute atomic E-state index is 5.63. The van der Waals surface area contributed by atoms with Gasteiger partial charge in [0.05, 0.1) is 31.5 Å². The van der Waals surface area contributed by atoms with Crippen LogP contribution in [0.3, 0.4) is 0 Å². The molecular weight excluding hydrogens is 244 g/mol. The summed E-state index contributed by atoms with van der Waals surface area (Å²) in [6.45, 7) is 2.45. The lowest BCUT2D eigenvalue weighted by Crippen LogP contribution is -2.23. The van der Waals surface area contributed by atoms with Crippen LogP contribution in [0.15, 0.2) is 12.4 Å². The highest BCUT2D eigenvalue weighted by molar-refractivity contribution is 5.79. The summed E-state index contributed by atoms with van der Waals surface area (Å²) < 4.78 is 12.8. The average molecular weight is 262 g/mol. The SMILES string of the molecule is COc1ncc2c(n1)c(C1COCCCN1)cn2C. The molecule has 0 radical (unpaired) electrons. The molecule has 1 saturated heterocycles. The first kappa shape index (κ1) is 12.4. The monoisotopic (exact) mass is 262 g/mol. The molecular formula is C13H18N4O2. The van der Waals surface area contributed by atoms with E-state index in [9.17, 15) is 0 Å². The van der Waals surface area contributed by atoms with E-state index in [0.29, 0.717) is 12.6 Å². The van der Waals surface area contributed by atoms with Crippen LogP contribution in [0.25, 0.3) is 11.0 Å². The Balaban J connectivity index is 2.06. The molecule has 19 heavy (non-hydrogen) atoms. The summed E-state index contributed by atoms with van der Waals surface area (Å²) in [6, 6.07) is 0.570. The Labute approximate surface area is 111 Å². The predicted octanol–water partition coefficient (Wildman–Crippen LogP) is 1.03. The molecule has 0 bridgehead atoms. The van der Waals surface area contributed by atoms with Crippen LogP contribution < -0.4 is 10.1 Å². The van der Waals surface area contributed by atoms with Crippen LogP contribution in [-0.4, -0.2) is 41.4 Å². The molecule has 2 aromatic rings. The highest BCUT2D eigenvalue weighted by Crippen LogP contribution is 2.26. The second kappa shape index (κ2) is 5.14. The molecule has 1 atom stereocenters.